The van der Waals surface area contributed by atoms with Gasteiger partial charge in [0.2, 0.25) is 0 Å². The van der Waals surface area contributed by atoms with Crippen molar-refractivity contribution in [2.45, 2.75) is 32.1 Å². The second-order valence-corrected chi connectivity index (χ2v) is 5.24. The van der Waals surface area contributed by atoms with Crippen LogP contribution < -0.4 is 12.4 Å². The standard InChI is InChI=1S/C15H20N2O3.ClH/c18-15(8-11-16-9-3-1-2-4-10-16)13-6-5-7-14(12-13)17(19)20;/h5-7,12H,1-4,8-11H2;1H/p-1. The zero-order valence-electron chi connectivity index (χ0n) is 12.0. The summed E-state index contributed by atoms with van der Waals surface area (Å²) in [4.78, 5) is 24.7. The molecule has 0 unspecified atom stereocenters. The Bertz CT molecular complexity index is 486. The van der Waals surface area contributed by atoms with Gasteiger partial charge in [-0.15, -0.1) is 0 Å². The van der Waals surface area contributed by atoms with E-state index < -0.39 is 4.92 Å². The maximum Gasteiger partial charge on any atom is 0.270 e. The Kier molecular flexibility index (Phi) is 7.32. The third-order valence-electron chi connectivity index (χ3n) is 3.73. The van der Waals surface area contributed by atoms with Crippen LogP contribution in [0.25, 0.3) is 0 Å². The van der Waals surface area contributed by atoms with Crippen LogP contribution in [-0.4, -0.2) is 35.2 Å². The number of nitro benzene ring substituents is 1. The van der Waals surface area contributed by atoms with Gasteiger partial charge in [-0.2, -0.15) is 0 Å². The first-order chi connectivity index (χ1) is 9.66. The molecule has 1 saturated heterocycles. The molecular weight excluding hydrogens is 292 g/mol. The second kappa shape index (κ2) is 8.74. The number of Topliss-reactive ketones (excluding diaryl/α,β-unsaturated/α-hetero) is 1. The quantitative estimate of drug-likeness (QED) is 0.438. The third-order valence-corrected chi connectivity index (χ3v) is 3.73. The third kappa shape index (κ3) is 5.44. The molecule has 0 saturated carbocycles. The van der Waals surface area contributed by atoms with Crippen LogP contribution >= 0.6 is 0 Å². The van der Waals surface area contributed by atoms with Crippen molar-refractivity contribution in [3.05, 3.63) is 39.9 Å². The number of rotatable bonds is 5. The number of likely N-dealkylation sites (tertiary alicyclic amines) is 1. The van der Waals surface area contributed by atoms with Crippen LogP contribution in [0, 0.1) is 10.1 Å². The topological polar surface area (TPSA) is 63.5 Å². The Morgan fingerprint density at radius 1 is 1.19 bits per heavy atom. The van der Waals surface area contributed by atoms with Crippen LogP contribution in [-0.2, 0) is 0 Å². The summed E-state index contributed by atoms with van der Waals surface area (Å²) in [6.45, 7) is 2.87. The van der Waals surface area contributed by atoms with Gasteiger partial charge in [-0.1, -0.05) is 25.0 Å². The molecule has 1 fully saturated rings. The van der Waals surface area contributed by atoms with Crippen LogP contribution in [0.5, 0.6) is 0 Å². The molecule has 0 N–H and O–H groups in total. The number of hydrogen-bond acceptors (Lipinski definition) is 4. The molecule has 0 aliphatic carbocycles. The monoisotopic (exact) mass is 311 g/mol. The summed E-state index contributed by atoms with van der Waals surface area (Å²) in [5.74, 6) is -0.0158. The summed E-state index contributed by atoms with van der Waals surface area (Å²) in [6.07, 6.45) is 5.38. The predicted octanol–water partition coefficient (Wildman–Crippen LogP) is 0.0476. The van der Waals surface area contributed by atoms with Crippen molar-refractivity contribution in [3.8, 4) is 0 Å². The van der Waals surface area contributed by atoms with E-state index in [1.807, 2.05) is 0 Å². The summed E-state index contributed by atoms with van der Waals surface area (Å²) in [5, 5.41) is 10.7. The molecule has 1 aromatic carbocycles. The van der Waals surface area contributed by atoms with E-state index >= 15 is 0 Å². The lowest BCUT2D eigenvalue weighted by Gasteiger charge is -2.18. The van der Waals surface area contributed by atoms with Gasteiger partial charge in [0.15, 0.2) is 5.78 Å². The Morgan fingerprint density at radius 2 is 1.86 bits per heavy atom. The maximum atomic E-state index is 12.1. The van der Waals surface area contributed by atoms with Crippen molar-refractivity contribution < 1.29 is 22.1 Å². The van der Waals surface area contributed by atoms with Gasteiger partial charge >= 0.3 is 0 Å². The summed E-state index contributed by atoms with van der Waals surface area (Å²) in [6, 6.07) is 5.99. The lowest BCUT2D eigenvalue weighted by atomic mass is 10.1. The Hall–Kier alpha value is -1.46. The number of nitrogens with zero attached hydrogens (tertiary/aromatic N) is 2. The normalized spacial score (nSPS) is 15.8. The van der Waals surface area contributed by atoms with Crippen molar-refractivity contribution in [2.75, 3.05) is 19.6 Å². The zero-order chi connectivity index (χ0) is 14.4. The first-order valence-corrected chi connectivity index (χ1v) is 7.17. The second-order valence-electron chi connectivity index (χ2n) is 5.24. The minimum absolute atomic E-state index is 0. The molecule has 0 atom stereocenters. The average Bonchev–Trinajstić information content (AvgIpc) is 2.73. The van der Waals surface area contributed by atoms with E-state index in [2.05, 4.69) is 4.90 Å². The van der Waals surface area contributed by atoms with E-state index in [1.165, 1.54) is 37.8 Å². The Balaban J connectivity index is 0.00000220. The number of ketones is 1. The Morgan fingerprint density at radius 3 is 2.48 bits per heavy atom. The summed E-state index contributed by atoms with van der Waals surface area (Å²) < 4.78 is 0. The molecule has 21 heavy (non-hydrogen) atoms. The highest BCUT2D eigenvalue weighted by Gasteiger charge is 2.14. The molecule has 1 aliphatic heterocycles. The highest BCUT2D eigenvalue weighted by molar-refractivity contribution is 5.96. The van der Waals surface area contributed by atoms with Gasteiger partial charge in [0, 0.05) is 30.7 Å². The number of carbonyl (C=O) groups excluding carboxylic acids is 1. The lowest BCUT2D eigenvalue weighted by molar-refractivity contribution is -0.384. The molecule has 1 heterocycles. The summed E-state index contributed by atoms with van der Waals surface area (Å²) >= 11 is 0. The van der Waals surface area contributed by atoms with Crippen LogP contribution in [0.1, 0.15) is 42.5 Å². The predicted molar refractivity (Wildman–Crippen MR) is 77.0 cm³/mol. The van der Waals surface area contributed by atoms with Gasteiger partial charge < -0.3 is 17.3 Å². The molecule has 1 aromatic rings. The molecule has 0 spiro atoms. The number of hydrogen-bond donors (Lipinski definition) is 0. The number of benzene rings is 1. The van der Waals surface area contributed by atoms with Gasteiger partial charge in [0.1, 0.15) is 0 Å². The molecule has 5 nitrogen and oxygen atoms in total. The fourth-order valence-electron chi connectivity index (χ4n) is 2.56. The molecule has 0 amide bonds. The smallest absolute Gasteiger partial charge is 0.270 e. The fraction of sp³-hybridized carbons (Fsp3) is 0.533. The minimum atomic E-state index is -0.467. The molecule has 116 valence electrons. The minimum Gasteiger partial charge on any atom is -1.00 e. The van der Waals surface area contributed by atoms with Crippen LogP contribution in [0.15, 0.2) is 24.3 Å². The van der Waals surface area contributed by atoms with E-state index in [-0.39, 0.29) is 23.9 Å². The van der Waals surface area contributed by atoms with Crippen LogP contribution in [0.3, 0.4) is 0 Å². The fourth-order valence-corrected chi connectivity index (χ4v) is 2.56. The average molecular weight is 312 g/mol. The van der Waals surface area contributed by atoms with Crippen molar-refractivity contribution >= 4 is 11.5 Å². The molecule has 2 rings (SSSR count). The van der Waals surface area contributed by atoms with E-state index in [0.717, 1.165) is 19.6 Å². The van der Waals surface area contributed by atoms with E-state index in [9.17, 15) is 14.9 Å². The van der Waals surface area contributed by atoms with E-state index in [4.69, 9.17) is 0 Å². The number of nitro groups is 1. The first kappa shape index (κ1) is 17.6. The van der Waals surface area contributed by atoms with Gasteiger partial charge in [-0.25, -0.2) is 0 Å². The number of halogens is 1. The first-order valence-electron chi connectivity index (χ1n) is 7.17. The SMILES string of the molecule is O=C(CCN1CCCCCC1)c1cccc([N+](=O)[O-])c1.[Cl-]. The van der Waals surface area contributed by atoms with Crippen molar-refractivity contribution in [2.24, 2.45) is 0 Å². The number of carbonyl (C=O) groups is 1. The molecule has 6 heteroatoms. The van der Waals surface area contributed by atoms with Gasteiger partial charge in [0.05, 0.1) is 4.92 Å². The van der Waals surface area contributed by atoms with Gasteiger partial charge in [-0.05, 0) is 25.9 Å². The van der Waals surface area contributed by atoms with Gasteiger partial charge in [0.25, 0.3) is 5.69 Å². The van der Waals surface area contributed by atoms with Crippen LogP contribution in [0.4, 0.5) is 5.69 Å². The molecule has 1 aliphatic rings. The van der Waals surface area contributed by atoms with E-state index in [1.54, 1.807) is 12.1 Å². The van der Waals surface area contributed by atoms with Crippen molar-refractivity contribution in [3.63, 3.8) is 0 Å². The maximum absolute atomic E-state index is 12.1. The summed E-state index contributed by atoms with van der Waals surface area (Å²) in [7, 11) is 0. The summed E-state index contributed by atoms with van der Waals surface area (Å²) in [5.41, 5.74) is 0.416. The zero-order valence-corrected chi connectivity index (χ0v) is 12.7. The van der Waals surface area contributed by atoms with Crippen molar-refractivity contribution in [1.29, 1.82) is 0 Å². The van der Waals surface area contributed by atoms with Crippen molar-refractivity contribution in [1.82, 2.24) is 4.90 Å². The van der Waals surface area contributed by atoms with Gasteiger partial charge in [-0.3, -0.25) is 14.9 Å². The lowest BCUT2D eigenvalue weighted by Crippen LogP contribution is -3.00. The molecule has 0 bridgehead atoms. The molecule has 0 radical (unpaired) electrons. The highest BCUT2D eigenvalue weighted by atomic mass is 35.5. The Labute approximate surface area is 130 Å². The van der Waals surface area contributed by atoms with Crippen LogP contribution in [0.2, 0.25) is 0 Å². The molecular formula is C15H20ClN2O3-. The van der Waals surface area contributed by atoms with E-state index in [0.29, 0.717) is 12.0 Å². The number of non-ortho nitro benzene ring substituents is 1. The largest absolute Gasteiger partial charge is 1.00 e. The highest BCUT2D eigenvalue weighted by Crippen LogP contribution is 2.15. The molecule has 0 aromatic heterocycles.